The first-order valence-electron chi connectivity index (χ1n) is 5.07. The van der Waals surface area contributed by atoms with Crippen LogP contribution in [0.5, 0.6) is 0 Å². The van der Waals surface area contributed by atoms with E-state index >= 15 is 0 Å². The van der Waals surface area contributed by atoms with Gasteiger partial charge >= 0.3 is 17.9 Å². The molecule has 0 heterocycles. The van der Waals surface area contributed by atoms with E-state index < -0.39 is 17.9 Å². The lowest BCUT2D eigenvalue weighted by Gasteiger charge is -1.87. The number of hydrogen-bond acceptors (Lipinski definition) is 6. The number of aliphatic carboxylic acids is 1. The number of hydrogen-bond donors (Lipinski definition) is 3. The summed E-state index contributed by atoms with van der Waals surface area (Å²) in [7, 11) is 0. The monoisotopic (exact) mass is 264 g/mol. The van der Waals surface area contributed by atoms with Crippen LogP contribution in [0.4, 0.5) is 0 Å². The number of carboxylic acids is 1. The van der Waals surface area contributed by atoms with Crippen molar-refractivity contribution < 1.29 is 34.4 Å². The zero-order valence-corrected chi connectivity index (χ0v) is 10.6. The number of unbranched alkanes of at least 4 members (excludes halogenated alkanes) is 1. The fourth-order valence-corrected chi connectivity index (χ4v) is 0.426. The molecule has 0 aromatic carbocycles. The Morgan fingerprint density at radius 2 is 1.33 bits per heavy atom. The highest BCUT2D eigenvalue weighted by Gasteiger charge is 1.93. The maximum Gasteiger partial charge on any atom is 0.327 e. The summed E-state index contributed by atoms with van der Waals surface area (Å²) >= 11 is 0. The number of aliphatic hydroxyl groups is 2. The quantitative estimate of drug-likeness (QED) is 0.285. The molecule has 106 valence electrons. The molecule has 0 atom stereocenters. The van der Waals surface area contributed by atoms with Gasteiger partial charge in [-0.25, -0.2) is 4.79 Å². The van der Waals surface area contributed by atoms with Crippen LogP contribution in [0.1, 0.15) is 26.7 Å². The van der Waals surface area contributed by atoms with Gasteiger partial charge in [-0.3, -0.25) is 9.59 Å². The van der Waals surface area contributed by atoms with E-state index in [1.54, 1.807) is 0 Å². The van der Waals surface area contributed by atoms with Gasteiger partial charge in [-0.15, -0.1) is 0 Å². The van der Waals surface area contributed by atoms with Crippen molar-refractivity contribution in [3.05, 3.63) is 12.7 Å². The largest absolute Gasteiger partial charge is 0.478 e. The van der Waals surface area contributed by atoms with Crippen LogP contribution < -0.4 is 0 Å². The summed E-state index contributed by atoms with van der Waals surface area (Å²) in [4.78, 5) is 28.9. The summed E-state index contributed by atoms with van der Waals surface area (Å²) in [5, 5.41) is 23.8. The molecule has 0 saturated heterocycles. The first kappa shape index (κ1) is 21.5. The fourth-order valence-electron chi connectivity index (χ4n) is 0.426. The minimum Gasteiger partial charge on any atom is -0.478 e. The van der Waals surface area contributed by atoms with Crippen molar-refractivity contribution >= 4 is 17.9 Å². The molecule has 0 aromatic heterocycles. The Bertz CT molecular complexity index is 232. The van der Waals surface area contributed by atoms with Gasteiger partial charge in [-0.2, -0.15) is 0 Å². The highest BCUT2D eigenvalue weighted by molar-refractivity contribution is 5.82. The molecule has 0 fully saturated rings. The number of rotatable bonds is 4. The van der Waals surface area contributed by atoms with Crippen LogP contribution in [0.25, 0.3) is 0 Å². The molecule has 0 bridgehead atoms. The molecule has 0 aromatic rings. The molecule has 18 heavy (non-hydrogen) atoms. The predicted octanol–water partition coefficient (Wildman–Crippen LogP) is 0.104. The minimum absolute atomic E-state index is 0.195. The first-order chi connectivity index (χ1) is 8.31. The van der Waals surface area contributed by atoms with Crippen LogP contribution in [0.15, 0.2) is 12.7 Å². The SMILES string of the molecule is C=CC(=O)O.CC(=O)OC(C)=O.OCCCCO. The molecule has 7 heteroatoms. The predicted molar refractivity (Wildman–Crippen MR) is 63.7 cm³/mol. The second-order valence-electron chi connectivity index (χ2n) is 2.78. The number of aliphatic hydroxyl groups excluding tert-OH is 2. The number of carboxylic acid groups (broad SMARTS) is 1. The number of esters is 2. The van der Waals surface area contributed by atoms with Gasteiger partial charge in [-0.05, 0) is 12.8 Å². The van der Waals surface area contributed by atoms with Crippen LogP contribution >= 0.6 is 0 Å². The third-order valence-corrected chi connectivity index (χ3v) is 1.03. The van der Waals surface area contributed by atoms with Gasteiger partial charge in [0.15, 0.2) is 0 Å². The second-order valence-corrected chi connectivity index (χ2v) is 2.78. The molecule has 7 nitrogen and oxygen atoms in total. The van der Waals surface area contributed by atoms with Gasteiger partial charge in [-0.1, -0.05) is 6.58 Å². The van der Waals surface area contributed by atoms with E-state index in [9.17, 15) is 14.4 Å². The molecule has 0 amide bonds. The molecule has 0 unspecified atom stereocenters. The number of ether oxygens (including phenoxy) is 1. The molecule has 0 radical (unpaired) electrons. The van der Waals surface area contributed by atoms with Gasteiger partial charge in [0, 0.05) is 33.1 Å². The molecular formula is C11H20O7. The topological polar surface area (TPSA) is 121 Å². The maximum absolute atomic E-state index is 9.81. The first-order valence-corrected chi connectivity index (χ1v) is 5.07. The Kier molecular flexibility index (Phi) is 21.1. The fraction of sp³-hybridized carbons (Fsp3) is 0.545. The van der Waals surface area contributed by atoms with Gasteiger partial charge in [0.2, 0.25) is 0 Å². The van der Waals surface area contributed by atoms with Crippen LogP contribution in [0.3, 0.4) is 0 Å². The summed E-state index contributed by atoms with van der Waals surface area (Å²) in [5.74, 6) is -2.11. The summed E-state index contributed by atoms with van der Waals surface area (Å²) < 4.78 is 3.97. The summed E-state index contributed by atoms with van der Waals surface area (Å²) in [6.45, 7) is 5.71. The van der Waals surface area contributed by atoms with Crippen molar-refractivity contribution in [1.82, 2.24) is 0 Å². The van der Waals surface area contributed by atoms with Crippen LogP contribution in [-0.2, 0) is 19.1 Å². The van der Waals surface area contributed by atoms with Gasteiger partial charge < -0.3 is 20.1 Å². The van der Waals surface area contributed by atoms with Crippen molar-refractivity contribution in [2.24, 2.45) is 0 Å². The second kappa shape index (κ2) is 17.7. The van der Waals surface area contributed by atoms with E-state index in [0.717, 1.165) is 18.9 Å². The minimum atomic E-state index is -0.981. The molecule has 0 rings (SSSR count). The lowest BCUT2D eigenvalue weighted by molar-refractivity contribution is -0.156. The highest BCUT2D eigenvalue weighted by atomic mass is 16.6. The molecule has 0 aliphatic carbocycles. The average molecular weight is 264 g/mol. The molecule has 0 aliphatic heterocycles. The normalized spacial score (nSPS) is 7.78. The third-order valence-electron chi connectivity index (χ3n) is 1.03. The molecule has 0 saturated carbocycles. The Morgan fingerprint density at radius 3 is 1.39 bits per heavy atom. The Morgan fingerprint density at radius 1 is 1.06 bits per heavy atom. The van der Waals surface area contributed by atoms with Gasteiger partial charge in [0.05, 0.1) is 0 Å². The summed E-state index contributed by atoms with van der Waals surface area (Å²) in [5.41, 5.74) is 0. The van der Waals surface area contributed by atoms with E-state index in [4.69, 9.17) is 15.3 Å². The van der Waals surface area contributed by atoms with Crippen molar-refractivity contribution in [3.8, 4) is 0 Å². The van der Waals surface area contributed by atoms with E-state index in [1.165, 1.54) is 13.8 Å². The zero-order valence-electron chi connectivity index (χ0n) is 10.6. The maximum atomic E-state index is 9.81. The van der Waals surface area contributed by atoms with Crippen molar-refractivity contribution in [3.63, 3.8) is 0 Å². The van der Waals surface area contributed by atoms with E-state index in [0.29, 0.717) is 0 Å². The number of carbonyl (C=O) groups is 3. The van der Waals surface area contributed by atoms with Crippen LogP contribution in [0.2, 0.25) is 0 Å². The Balaban J connectivity index is -0.000000190. The zero-order chi connectivity index (χ0) is 15.0. The summed E-state index contributed by atoms with van der Waals surface area (Å²) in [6, 6.07) is 0. The summed E-state index contributed by atoms with van der Waals surface area (Å²) in [6.07, 6.45) is 2.27. The van der Waals surface area contributed by atoms with Crippen molar-refractivity contribution in [2.45, 2.75) is 26.7 Å². The van der Waals surface area contributed by atoms with Crippen molar-refractivity contribution in [2.75, 3.05) is 13.2 Å². The number of carbonyl (C=O) groups excluding carboxylic acids is 2. The molecular weight excluding hydrogens is 244 g/mol. The van der Waals surface area contributed by atoms with E-state index in [-0.39, 0.29) is 13.2 Å². The van der Waals surface area contributed by atoms with Crippen molar-refractivity contribution in [1.29, 1.82) is 0 Å². The Hall–Kier alpha value is -1.73. The third kappa shape index (κ3) is 47.5. The standard InChI is InChI=1S/C4H6O3.C4H10O2.C3H4O2/c1-3(5)7-4(2)6;5-3-1-2-4-6;1-2-3(4)5/h1-2H3;5-6H,1-4H2;2H,1H2,(H,4,5). The van der Waals surface area contributed by atoms with Gasteiger partial charge in [0.1, 0.15) is 0 Å². The highest BCUT2D eigenvalue weighted by Crippen LogP contribution is 1.80. The van der Waals surface area contributed by atoms with Crippen LogP contribution in [-0.4, -0.2) is 46.4 Å². The lowest BCUT2D eigenvalue weighted by atomic mass is 10.3. The Labute approximate surface area is 106 Å². The van der Waals surface area contributed by atoms with Gasteiger partial charge in [0.25, 0.3) is 0 Å². The lowest BCUT2D eigenvalue weighted by Crippen LogP contribution is -2.03. The van der Waals surface area contributed by atoms with E-state index in [1.807, 2.05) is 0 Å². The smallest absolute Gasteiger partial charge is 0.327 e. The molecule has 0 aliphatic rings. The van der Waals surface area contributed by atoms with Crippen LogP contribution in [0, 0.1) is 0 Å². The molecule has 0 spiro atoms. The van der Waals surface area contributed by atoms with E-state index in [2.05, 4.69) is 11.3 Å². The molecule has 3 N–H and O–H groups in total. The average Bonchev–Trinajstić information content (AvgIpc) is 2.26.